The van der Waals surface area contributed by atoms with Crippen molar-refractivity contribution in [2.75, 3.05) is 5.75 Å². The molecule has 11 heavy (non-hydrogen) atoms. The Morgan fingerprint density at radius 3 is 3.09 bits per heavy atom. The lowest BCUT2D eigenvalue weighted by atomic mass is 10.3. The summed E-state index contributed by atoms with van der Waals surface area (Å²) >= 11 is 1.56. The molecule has 0 atom stereocenters. The molecule has 60 valence electrons. The third-order valence-corrected chi connectivity index (χ3v) is 2.23. The van der Waals surface area contributed by atoms with E-state index < -0.39 is 0 Å². The lowest BCUT2D eigenvalue weighted by Gasteiger charge is -1.94. The summed E-state index contributed by atoms with van der Waals surface area (Å²) in [7, 11) is 0. The lowest BCUT2D eigenvalue weighted by molar-refractivity contribution is -0.105. The number of carbonyl (C=O) groups excluding carboxylic acids is 1. The van der Waals surface area contributed by atoms with Crippen LogP contribution in [0.3, 0.4) is 0 Å². The maximum Gasteiger partial charge on any atom is 0.129 e. The maximum atomic E-state index is 9.97. The summed E-state index contributed by atoms with van der Waals surface area (Å²) in [6.07, 6.45) is 2.58. The van der Waals surface area contributed by atoms with Crippen molar-refractivity contribution in [2.45, 2.75) is 12.7 Å². The first-order chi connectivity index (χ1) is 5.34. The van der Waals surface area contributed by atoms with Gasteiger partial charge >= 0.3 is 0 Å². The molecule has 0 fully saturated rings. The number of hydrogen-bond acceptors (Lipinski definition) is 3. The van der Waals surface area contributed by atoms with Crippen molar-refractivity contribution in [3.63, 3.8) is 0 Å². The highest BCUT2D eigenvalue weighted by Gasteiger charge is 2.00. The van der Waals surface area contributed by atoms with E-state index in [1.165, 1.54) is 0 Å². The van der Waals surface area contributed by atoms with Crippen molar-refractivity contribution in [2.24, 2.45) is 0 Å². The number of hydrogen-bond donors (Lipinski definition) is 0. The lowest BCUT2D eigenvalue weighted by Crippen LogP contribution is -1.83. The Bertz CT molecular complexity index is 230. The standard InChI is InChI=1S/C8H10O2S/c1-7-2-4-10-8(7)6-11-5-3-9/h2-4H,5-6H2,1H3. The predicted molar refractivity (Wildman–Crippen MR) is 45.7 cm³/mol. The zero-order valence-corrected chi connectivity index (χ0v) is 7.19. The Balaban J connectivity index is 2.38. The summed E-state index contributed by atoms with van der Waals surface area (Å²) in [5.74, 6) is 2.30. The van der Waals surface area contributed by atoms with Crippen molar-refractivity contribution in [1.29, 1.82) is 0 Å². The highest BCUT2D eigenvalue weighted by Crippen LogP contribution is 2.15. The molecule has 0 amide bonds. The molecule has 0 aliphatic carbocycles. The number of carbonyl (C=O) groups is 1. The van der Waals surface area contributed by atoms with Gasteiger partial charge in [-0.25, -0.2) is 0 Å². The Morgan fingerprint density at radius 1 is 1.73 bits per heavy atom. The first-order valence-electron chi connectivity index (χ1n) is 3.39. The van der Waals surface area contributed by atoms with Gasteiger partial charge in [0.2, 0.25) is 0 Å². The molecule has 0 aliphatic heterocycles. The largest absolute Gasteiger partial charge is 0.468 e. The van der Waals surface area contributed by atoms with Gasteiger partial charge in [0.05, 0.1) is 12.0 Å². The molecule has 1 heterocycles. The Hall–Kier alpha value is -0.700. The fourth-order valence-corrected chi connectivity index (χ4v) is 1.45. The molecule has 1 aromatic rings. The van der Waals surface area contributed by atoms with Gasteiger partial charge in [0.15, 0.2) is 0 Å². The molecule has 0 unspecified atom stereocenters. The molecule has 0 aliphatic rings. The zero-order valence-electron chi connectivity index (χ0n) is 6.37. The minimum Gasteiger partial charge on any atom is -0.468 e. The van der Waals surface area contributed by atoms with Crippen LogP contribution in [0.5, 0.6) is 0 Å². The molecule has 3 heteroatoms. The first kappa shape index (κ1) is 8.40. The fourth-order valence-electron chi connectivity index (χ4n) is 0.752. The third kappa shape index (κ3) is 2.42. The third-order valence-electron chi connectivity index (χ3n) is 1.39. The van der Waals surface area contributed by atoms with Crippen molar-refractivity contribution in [3.05, 3.63) is 23.7 Å². The summed E-state index contributed by atoms with van der Waals surface area (Å²) in [6.45, 7) is 2.00. The van der Waals surface area contributed by atoms with Crippen LogP contribution in [0.4, 0.5) is 0 Å². The van der Waals surface area contributed by atoms with E-state index in [1.807, 2.05) is 13.0 Å². The smallest absolute Gasteiger partial charge is 0.129 e. The quantitative estimate of drug-likeness (QED) is 0.511. The second-order valence-corrected chi connectivity index (χ2v) is 3.24. The van der Waals surface area contributed by atoms with Gasteiger partial charge in [-0.05, 0) is 18.6 Å². The van der Waals surface area contributed by atoms with E-state index in [-0.39, 0.29) is 0 Å². The molecule has 0 saturated carbocycles. The topological polar surface area (TPSA) is 30.2 Å². The summed E-state index contributed by atoms with van der Waals surface area (Å²) in [5.41, 5.74) is 1.16. The molecule has 1 rings (SSSR count). The number of thioether (sulfide) groups is 1. The first-order valence-corrected chi connectivity index (χ1v) is 4.54. The molecule has 0 spiro atoms. The highest BCUT2D eigenvalue weighted by molar-refractivity contribution is 7.99. The van der Waals surface area contributed by atoms with Crippen molar-refractivity contribution in [1.82, 2.24) is 0 Å². The van der Waals surface area contributed by atoms with Crippen LogP contribution in [-0.2, 0) is 10.5 Å². The molecule has 0 aromatic carbocycles. The molecule has 2 nitrogen and oxygen atoms in total. The van der Waals surface area contributed by atoms with Gasteiger partial charge in [-0.15, -0.1) is 11.8 Å². The van der Waals surface area contributed by atoms with E-state index >= 15 is 0 Å². The monoisotopic (exact) mass is 170 g/mol. The molecule has 0 saturated heterocycles. The van der Waals surface area contributed by atoms with Crippen LogP contribution in [-0.4, -0.2) is 12.0 Å². The van der Waals surface area contributed by atoms with Crippen LogP contribution in [0, 0.1) is 6.92 Å². The van der Waals surface area contributed by atoms with Gasteiger partial charge in [0.25, 0.3) is 0 Å². The van der Waals surface area contributed by atoms with E-state index in [2.05, 4.69) is 0 Å². The predicted octanol–water partition coefficient (Wildman–Crippen LogP) is 2.02. The molecule has 0 radical (unpaired) electrons. The SMILES string of the molecule is Cc1ccoc1CSCC=O. The second kappa shape index (κ2) is 4.23. The van der Waals surface area contributed by atoms with Crippen LogP contribution < -0.4 is 0 Å². The summed E-state index contributed by atoms with van der Waals surface area (Å²) in [6, 6.07) is 1.93. The molecule has 1 aromatic heterocycles. The zero-order chi connectivity index (χ0) is 8.10. The number of furan rings is 1. The number of aryl methyl sites for hydroxylation is 1. The number of rotatable bonds is 4. The van der Waals surface area contributed by atoms with E-state index in [9.17, 15) is 4.79 Å². The molecule has 0 N–H and O–H groups in total. The van der Waals surface area contributed by atoms with Crippen molar-refractivity contribution < 1.29 is 9.21 Å². The van der Waals surface area contributed by atoms with Crippen LogP contribution in [0.1, 0.15) is 11.3 Å². The van der Waals surface area contributed by atoms with Crippen molar-refractivity contribution in [3.8, 4) is 0 Å². The molecular formula is C8H10O2S. The average Bonchev–Trinajstić information content (AvgIpc) is 2.37. The van der Waals surface area contributed by atoms with Gasteiger partial charge in [0, 0.05) is 5.75 Å². The van der Waals surface area contributed by atoms with Gasteiger partial charge in [-0.3, -0.25) is 0 Å². The second-order valence-electron chi connectivity index (χ2n) is 2.21. The van der Waals surface area contributed by atoms with Crippen LogP contribution in [0.15, 0.2) is 16.7 Å². The number of aldehydes is 1. The minimum atomic E-state index is 0.542. The highest BCUT2D eigenvalue weighted by atomic mass is 32.2. The fraction of sp³-hybridized carbons (Fsp3) is 0.375. The van der Waals surface area contributed by atoms with Gasteiger partial charge in [-0.2, -0.15) is 0 Å². The average molecular weight is 170 g/mol. The maximum absolute atomic E-state index is 9.97. The Morgan fingerprint density at radius 2 is 2.55 bits per heavy atom. The van der Waals surface area contributed by atoms with Gasteiger partial charge in [-0.1, -0.05) is 0 Å². The molecular weight excluding hydrogens is 160 g/mol. The Kier molecular flexibility index (Phi) is 3.23. The van der Waals surface area contributed by atoms with E-state index in [4.69, 9.17) is 4.42 Å². The normalized spacial score (nSPS) is 9.91. The summed E-state index contributed by atoms with van der Waals surface area (Å²) < 4.78 is 5.17. The Labute approximate surface area is 70.0 Å². The van der Waals surface area contributed by atoms with E-state index in [0.29, 0.717) is 5.75 Å². The summed E-state index contributed by atoms with van der Waals surface area (Å²) in [4.78, 5) is 9.97. The van der Waals surface area contributed by atoms with Crippen LogP contribution in [0.2, 0.25) is 0 Å². The van der Waals surface area contributed by atoms with Crippen LogP contribution in [0.25, 0.3) is 0 Å². The molecule has 0 bridgehead atoms. The summed E-state index contributed by atoms with van der Waals surface area (Å²) in [5, 5.41) is 0. The van der Waals surface area contributed by atoms with Gasteiger partial charge in [0.1, 0.15) is 12.0 Å². The van der Waals surface area contributed by atoms with Gasteiger partial charge < -0.3 is 9.21 Å². The van der Waals surface area contributed by atoms with E-state index in [1.54, 1.807) is 18.0 Å². The van der Waals surface area contributed by atoms with Crippen molar-refractivity contribution >= 4 is 18.0 Å². The minimum absolute atomic E-state index is 0.542. The van der Waals surface area contributed by atoms with E-state index in [0.717, 1.165) is 23.4 Å². The van der Waals surface area contributed by atoms with Crippen LogP contribution >= 0.6 is 11.8 Å².